The summed E-state index contributed by atoms with van der Waals surface area (Å²) in [5.74, 6) is -0.990. The smallest absolute Gasteiger partial charge is 0.320 e. The number of rotatable bonds is 3. The molecule has 0 fully saturated rings. The van der Waals surface area contributed by atoms with Gasteiger partial charge in [0.2, 0.25) is 0 Å². The molecule has 6 heteroatoms. The molecule has 1 unspecified atom stereocenters. The molecule has 1 atom stereocenters. The van der Waals surface area contributed by atoms with Gasteiger partial charge in [0.05, 0.1) is 5.52 Å². The first-order valence-corrected chi connectivity index (χ1v) is 5.88. The van der Waals surface area contributed by atoms with Crippen LogP contribution in [0.3, 0.4) is 0 Å². The van der Waals surface area contributed by atoms with E-state index in [2.05, 4.69) is 21.0 Å². The third-order valence-electron chi connectivity index (χ3n) is 2.64. The first-order chi connectivity index (χ1) is 7.99. The second-order valence-electron chi connectivity index (χ2n) is 3.91. The summed E-state index contributed by atoms with van der Waals surface area (Å²) in [5.41, 5.74) is 7.38. The van der Waals surface area contributed by atoms with Crippen LogP contribution in [0.1, 0.15) is 5.56 Å². The number of carboxylic acid groups (broad SMARTS) is 1. The van der Waals surface area contributed by atoms with Gasteiger partial charge in [0.25, 0.3) is 0 Å². The van der Waals surface area contributed by atoms with E-state index in [9.17, 15) is 4.79 Å². The topological polar surface area (TPSA) is 81.1 Å². The quantitative estimate of drug-likeness (QED) is 0.894. The highest BCUT2D eigenvalue weighted by Gasteiger charge is 2.13. The second kappa shape index (κ2) is 4.46. The van der Waals surface area contributed by atoms with Crippen molar-refractivity contribution in [2.24, 2.45) is 12.8 Å². The Hall–Kier alpha value is -1.40. The van der Waals surface area contributed by atoms with Crippen LogP contribution in [0.15, 0.2) is 22.8 Å². The average molecular weight is 298 g/mol. The van der Waals surface area contributed by atoms with Crippen molar-refractivity contribution in [3.63, 3.8) is 0 Å². The molecule has 0 aliphatic heterocycles. The number of hydrogen-bond acceptors (Lipinski definition) is 3. The normalized spacial score (nSPS) is 12.9. The molecule has 1 heterocycles. The Morgan fingerprint density at radius 3 is 3.00 bits per heavy atom. The summed E-state index contributed by atoms with van der Waals surface area (Å²) in [5, 5.41) is 14.0. The highest BCUT2D eigenvalue weighted by atomic mass is 79.9. The van der Waals surface area contributed by atoms with Gasteiger partial charge in [-0.3, -0.25) is 9.48 Å². The minimum Gasteiger partial charge on any atom is -0.480 e. The van der Waals surface area contributed by atoms with Crippen LogP contribution in [0.5, 0.6) is 0 Å². The Balaban J connectivity index is 2.38. The van der Waals surface area contributed by atoms with Crippen LogP contribution in [0.4, 0.5) is 0 Å². The monoisotopic (exact) mass is 297 g/mol. The maximum Gasteiger partial charge on any atom is 0.320 e. The molecule has 0 aliphatic carbocycles. The van der Waals surface area contributed by atoms with Crippen LogP contribution in [0.25, 0.3) is 10.9 Å². The molecule has 0 bridgehead atoms. The minimum atomic E-state index is -0.990. The Morgan fingerprint density at radius 1 is 1.65 bits per heavy atom. The molecule has 90 valence electrons. The van der Waals surface area contributed by atoms with Crippen LogP contribution in [0, 0.1) is 0 Å². The number of halogens is 1. The predicted molar refractivity (Wildman–Crippen MR) is 67.7 cm³/mol. The molecule has 0 radical (unpaired) electrons. The van der Waals surface area contributed by atoms with Gasteiger partial charge in [0, 0.05) is 12.4 Å². The van der Waals surface area contributed by atoms with Gasteiger partial charge in [0.15, 0.2) is 0 Å². The van der Waals surface area contributed by atoms with Crippen molar-refractivity contribution in [2.45, 2.75) is 12.5 Å². The number of benzene rings is 1. The van der Waals surface area contributed by atoms with Gasteiger partial charge in [-0.2, -0.15) is 5.10 Å². The van der Waals surface area contributed by atoms with E-state index in [1.54, 1.807) is 4.68 Å². The standard InChI is InChI=1S/C11H12BrN3O2/c1-15-9-3-2-6(5-8(13)11(16)17)4-7(9)10(12)14-15/h2-4,8H,5,13H2,1H3,(H,16,17). The van der Waals surface area contributed by atoms with E-state index < -0.39 is 12.0 Å². The predicted octanol–water partition coefficient (Wildman–Crippen LogP) is 1.29. The first kappa shape index (κ1) is 12.1. The van der Waals surface area contributed by atoms with E-state index in [-0.39, 0.29) is 0 Å². The third kappa shape index (κ3) is 2.32. The van der Waals surface area contributed by atoms with E-state index in [1.165, 1.54) is 0 Å². The maximum atomic E-state index is 10.7. The lowest BCUT2D eigenvalue weighted by atomic mass is 10.1. The lowest BCUT2D eigenvalue weighted by Crippen LogP contribution is -2.32. The number of aryl methyl sites for hydroxylation is 1. The average Bonchev–Trinajstić information content (AvgIpc) is 2.54. The molecule has 0 spiro atoms. The Kier molecular flexibility index (Phi) is 3.17. The molecule has 5 nitrogen and oxygen atoms in total. The fraction of sp³-hybridized carbons (Fsp3) is 0.273. The number of aromatic nitrogens is 2. The molecule has 2 rings (SSSR count). The van der Waals surface area contributed by atoms with E-state index in [0.29, 0.717) is 6.42 Å². The highest BCUT2D eigenvalue weighted by molar-refractivity contribution is 9.10. The van der Waals surface area contributed by atoms with Gasteiger partial charge in [-0.1, -0.05) is 6.07 Å². The molecule has 1 aromatic heterocycles. The molecular weight excluding hydrogens is 286 g/mol. The van der Waals surface area contributed by atoms with E-state index >= 15 is 0 Å². The van der Waals surface area contributed by atoms with Gasteiger partial charge >= 0.3 is 5.97 Å². The van der Waals surface area contributed by atoms with Gasteiger partial charge in [-0.15, -0.1) is 0 Å². The van der Waals surface area contributed by atoms with Crippen molar-refractivity contribution in [1.82, 2.24) is 9.78 Å². The van der Waals surface area contributed by atoms with Crippen molar-refractivity contribution in [2.75, 3.05) is 0 Å². The van der Waals surface area contributed by atoms with Crippen molar-refractivity contribution in [3.05, 3.63) is 28.4 Å². The number of carbonyl (C=O) groups is 1. The van der Waals surface area contributed by atoms with E-state index in [4.69, 9.17) is 10.8 Å². The summed E-state index contributed by atoms with van der Waals surface area (Å²) in [4.78, 5) is 10.7. The van der Waals surface area contributed by atoms with Crippen molar-refractivity contribution in [3.8, 4) is 0 Å². The summed E-state index contributed by atoms with van der Waals surface area (Å²) in [6.45, 7) is 0. The SMILES string of the molecule is Cn1nc(Br)c2cc(CC(N)C(=O)O)ccc21. The van der Waals surface area contributed by atoms with Crippen LogP contribution >= 0.6 is 15.9 Å². The van der Waals surface area contributed by atoms with Crippen molar-refractivity contribution in [1.29, 1.82) is 0 Å². The lowest BCUT2D eigenvalue weighted by Gasteiger charge is -2.06. The minimum absolute atomic E-state index is 0.312. The van der Waals surface area contributed by atoms with Crippen LogP contribution in [-0.2, 0) is 18.3 Å². The lowest BCUT2D eigenvalue weighted by molar-refractivity contribution is -0.138. The maximum absolute atomic E-state index is 10.7. The molecule has 2 aromatic rings. The molecule has 1 aromatic carbocycles. The summed E-state index contributed by atoms with van der Waals surface area (Å²) >= 11 is 3.37. The van der Waals surface area contributed by atoms with Gasteiger partial charge < -0.3 is 10.8 Å². The van der Waals surface area contributed by atoms with Crippen molar-refractivity contribution >= 4 is 32.8 Å². The van der Waals surface area contributed by atoms with E-state index in [0.717, 1.165) is 21.1 Å². The zero-order valence-electron chi connectivity index (χ0n) is 9.22. The number of hydrogen-bond donors (Lipinski definition) is 2. The zero-order chi connectivity index (χ0) is 12.6. The summed E-state index contributed by atoms with van der Waals surface area (Å²) < 4.78 is 2.51. The third-order valence-corrected chi connectivity index (χ3v) is 3.23. The second-order valence-corrected chi connectivity index (χ2v) is 4.67. The molecule has 17 heavy (non-hydrogen) atoms. The fourth-order valence-electron chi connectivity index (χ4n) is 1.74. The van der Waals surface area contributed by atoms with Crippen LogP contribution in [0.2, 0.25) is 0 Å². The summed E-state index contributed by atoms with van der Waals surface area (Å²) in [7, 11) is 1.86. The number of aliphatic carboxylic acids is 1. The molecule has 0 aliphatic rings. The number of nitrogens with zero attached hydrogens (tertiary/aromatic N) is 2. The van der Waals surface area contributed by atoms with E-state index in [1.807, 2.05) is 25.2 Å². The number of nitrogens with two attached hydrogens (primary N) is 1. The summed E-state index contributed by atoms with van der Waals surface area (Å²) in [6.07, 6.45) is 0.312. The van der Waals surface area contributed by atoms with Gasteiger partial charge in [-0.25, -0.2) is 0 Å². The van der Waals surface area contributed by atoms with Crippen LogP contribution in [-0.4, -0.2) is 26.9 Å². The fourth-order valence-corrected chi connectivity index (χ4v) is 2.29. The first-order valence-electron chi connectivity index (χ1n) is 5.08. The number of fused-ring (bicyclic) bond motifs is 1. The molecule has 0 saturated carbocycles. The highest BCUT2D eigenvalue weighted by Crippen LogP contribution is 2.24. The Labute approximate surface area is 106 Å². The zero-order valence-corrected chi connectivity index (χ0v) is 10.8. The van der Waals surface area contributed by atoms with Crippen molar-refractivity contribution < 1.29 is 9.90 Å². The molecular formula is C11H12BrN3O2. The van der Waals surface area contributed by atoms with Gasteiger partial charge in [-0.05, 0) is 40.0 Å². The molecule has 3 N–H and O–H groups in total. The van der Waals surface area contributed by atoms with Gasteiger partial charge in [0.1, 0.15) is 10.6 Å². The molecule has 0 saturated heterocycles. The van der Waals surface area contributed by atoms with Crippen LogP contribution < -0.4 is 5.73 Å². The Bertz CT molecular complexity index is 579. The Morgan fingerprint density at radius 2 is 2.35 bits per heavy atom. The molecule has 0 amide bonds. The largest absolute Gasteiger partial charge is 0.480 e. The summed E-state index contributed by atoms with van der Waals surface area (Å²) in [6, 6.07) is 4.83. The number of carboxylic acids is 1.